The average Bonchev–Trinajstić information content (AvgIpc) is 3.36. The highest BCUT2D eigenvalue weighted by atomic mass is 32.2. The maximum absolute atomic E-state index is 13.2. The minimum atomic E-state index is -3.80. The van der Waals surface area contributed by atoms with Gasteiger partial charge in [0.1, 0.15) is 17.6 Å². The van der Waals surface area contributed by atoms with Crippen LogP contribution < -0.4 is 9.47 Å². The van der Waals surface area contributed by atoms with Crippen molar-refractivity contribution < 1.29 is 22.7 Å². The first-order chi connectivity index (χ1) is 16.9. The summed E-state index contributed by atoms with van der Waals surface area (Å²) in [6, 6.07) is 13.9. The van der Waals surface area contributed by atoms with Crippen molar-refractivity contribution in [2.75, 3.05) is 53.5 Å². The van der Waals surface area contributed by atoms with Crippen molar-refractivity contribution in [1.29, 1.82) is 5.26 Å². The maximum atomic E-state index is 13.2. The molecule has 1 unspecified atom stereocenters. The van der Waals surface area contributed by atoms with Gasteiger partial charge >= 0.3 is 0 Å². The fourth-order valence-corrected chi connectivity index (χ4v) is 6.41. The zero-order valence-corrected chi connectivity index (χ0v) is 20.8. The molecule has 9 nitrogen and oxygen atoms in total. The number of amides is 1. The smallest absolute Gasteiger partial charge is 0.244 e. The van der Waals surface area contributed by atoms with Gasteiger partial charge in [-0.25, -0.2) is 8.42 Å². The van der Waals surface area contributed by atoms with Crippen LogP contribution >= 0.6 is 0 Å². The van der Waals surface area contributed by atoms with Gasteiger partial charge in [0, 0.05) is 37.8 Å². The predicted molar refractivity (Wildman–Crippen MR) is 130 cm³/mol. The lowest BCUT2D eigenvalue weighted by Gasteiger charge is -2.35. The summed E-state index contributed by atoms with van der Waals surface area (Å²) < 4.78 is 38.5. The fraction of sp³-hybridized carbons (Fsp3) is 0.440. The Hall–Kier alpha value is -3.13. The van der Waals surface area contributed by atoms with Crippen molar-refractivity contribution in [2.45, 2.75) is 23.8 Å². The number of hydrogen-bond donors (Lipinski definition) is 0. The fourth-order valence-electron chi connectivity index (χ4n) is 4.84. The number of ether oxygens (including phenoxy) is 2. The molecule has 2 aromatic carbocycles. The lowest BCUT2D eigenvalue weighted by molar-refractivity contribution is -0.133. The van der Waals surface area contributed by atoms with Crippen LogP contribution in [0, 0.1) is 11.3 Å². The lowest BCUT2D eigenvalue weighted by atomic mass is 10.0. The summed E-state index contributed by atoms with van der Waals surface area (Å²) in [4.78, 5) is 17.0. The Morgan fingerprint density at radius 2 is 1.80 bits per heavy atom. The monoisotopic (exact) mass is 498 g/mol. The van der Waals surface area contributed by atoms with Crippen molar-refractivity contribution in [2.24, 2.45) is 0 Å². The largest absolute Gasteiger partial charge is 0.497 e. The van der Waals surface area contributed by atoms with E-state index >= 15 is 0 Å². The van der Waals surface area contributed by atoms with E-state index in [2.05, 4.69) is 4.90 Å². The maximum Gasteiger partial charge on any atom is 0.244 e. The molecule has 186 valence electrons. The van der Waals surface area contributed by atoms with Crippen LogP contribution in [0.25, 0.3) is 0 Å². The van der Waals surface area contributed by atoms with Gasteiger partial charge in [-0.1, -0.05) is 12.1 Å². The van der Waals surface area contributed by atoms with E-state index in [-0.39, 0.29) is 42.0 Å². The highest BCUT2D eigenvalue weighted by Gasteiger charge is 2.34. The Morgan fingerprint density at radius 3 is 2.49 bits per heavy atom. The van der Waals surface area contributed by atoms with Crippen LogP contribution in [0.5, 0.6) is 11.5 Å². The summed E-state index contributed by atoms with van der Waals surface area (Å²) in [5.41, 5.74) is 1.13. The molecular formula is C25H30N4O5S. The van der Waals surface area contributed by atoms with Crippen molar-refractivity contribution in [3.8, 4) is 17.6 Å². The number of nitriles is 1. The number of piperazine rings is 1. The van der Waals surface area contributed by atoms with E-state index in [1.807, 2.05) is 24.3 Å². The van der Waals surface area contributed by atoms with Crippen LogP contribution in [0.3, 0.4) is 0 Å². The normalized spacial score (nSPS) is 19.3. The van der Waals surface area contributed by atoms with Crippen molar-refractivity contribution in [3.05, 3.63) is 53.6 Å². The first-order valence-electron chi connectivity index (χ1n) is 11.6. The van der Waals surface area contributed by atoms with Gasteiger partial charge in [-0.3, -0.25) is 9.69 Å². The zero-order valence-electron chi connectivity index (χ0n) is 20.0. The van der Waals surface area contributed by atoms with Crippen LogP contribution in [-0.2, 0) is 14.8 Å². The van der Waals surface area contributed by atoms with Gasteiger partial charge in [0.2, 0.25) is 15.9 Å². The number of carbonyl (C=O) groups is 1. The number of benzene rings is 2. The van der Waals surface area contributed by atoms with E-state index < -0.39 is 10.0 Å². The number of nitrogens with zero attached hydrogens (tertiary/aromatic N) is 4. The Bertz CT molecular complexity index is 1220. The molecule has 2 heterocycles. The molecular weight excluding hydrogens is 468 g/mol. The van der Waals surface area contributed by atoms with Crippen LogP contribution in [0.1, 0.15) is 30.0 Å². The first-order valence-corrected chi connectivity index (χ1v) is 13.1. The summed E-state index contributed by atoms with van der Waals surface area (Å²) in [6.45, 7) is 2.08. The molecule has 4 rings (SSSR count). The molecule has 10 heteroatoms. The topological polar surface area (TPSA) is 103 Å². The van der Waals surface area contributed by atoms with Gasteiger partial charge in [-0.2, -0.15) is 9.57 Å². The minimum Gasteiger partial charge on any atom is -0.497 e. The van der Waals surface area contributed by atoms with E-state index in [1.165, 1.54) is 16.4 Å². The Labute approximate surface area is 206 Å². The Balaban J connectivity index is 1.41. The molecule has 0 spiro atoms. The van der Waals surface area contributed by atoms with E-state index in [0.29, 0.717) is 13.1 Å². The number of carbonyl (C=O) groups excluding carboxylic acids is 1. The Kier molecular flexibility index (Phi) is 7.60. The van der Waals surface area contributed by atoms with Gasteiger partial charge < -0.3 is 14.4 Å². The quantitative estimate of drug-likeness (QED) is 0.577. The molecule has 0 saturated carbocycles. The van der Waals surface area contributed by atoms with Crippen molar-refractivity contribution >= 4 is 15.9 Å². The summed E-state index contributed by atoms with van der Waals surface area (Å²) in [5.74, 6) is 1.49. The van der Waals surface area contributed by atoms with Crippen LogP contribution in [0.2, 0.25) is 0 Å². The molecule has 2 saturated heterocycles. The highest BCUT2D eigenvalue weighted by molar-refractivity contribution is 7.89. The van der Waals surface area contributed by atoms with Gasteiger partial charge in [0.25, 0.3) is 0 Å². The minimum absolute atomic E-state index is 0.00872. The number of hydrogen-bond acceptors (Lipinski definition) is 7. The van der Waals surface area contributed by atoms with Gasteiger partial charge in [-0.15, -0.1) is 0 Å². The average molecular weight is 499 g/mol. The van der Waals surface area contributed by atoms with E-state index in [4.69, 9.17) is 9.47 Å². The second-order valence-corrected chi connectivity index (χ2v) is 10.5. The molecule has 0 N–H and O–H groups in total. The summed E-state index contributed by atoms with van der Waals surface area (Å²) in [7, 11) is -0.536. The molecule has 2 aliphatic heterocycles. The molecule has 2 aliphatic rings. The van der Waals surface area contributed by atoms with Gasteiger partial charge in [-0.05, 0) is 49.7 Å². The zero-order chi connectivity index (χ0) is 25.0. The molecule has 0 bridgehead atoms. The van der Waals surface area contributed by atoms with E-state index in [9.17, 15) is 18.5 Å². The molecule has 0 radical (unpaired) electrons. The van der Waals surface area contributed by atoms with E-state index in [0.717, 1.165) is 36.4 Å². The first kappa shape index (κ1) is 25.0. The van der Waals surface area contributed by atoms with Crippen molar-refractivity contribution in [3.63, 3.8) is 0 Å². The molecule has 1 amide bonds. The number of methoxy groups -OCH3 is 2. The highest BCUT2D eigenvalue weighted by Crippen LogP contribution is 2.38. The number of likely N-dealkylation sites (tertiary alicyclic amines) is 1. The second kappa shape index (κ2) is 10.6. The number of rotatable bonds is 7. The standard InChI is InChI=1S/C25H30N4O5S/c1-33-20-9-10-23(34-2)21(16-20)22-7-5-11-28(22)18-25(30)27-12-14-29(15-13-27)35(31,32)24-8-4-3-6-19(24)17-26/h3-4,6,8-10,16,22H,5,7,11-15,18H2,1-2H3. The SMILES string of the molecule is COc1ccc(OC)c(C2CCCN2CC(=O)N2CCN(S(=O)(=O)c3ccccc3C#N)CC2)c1. The lowest BCUT2D eigenvalue weighted by Crippen LogP contribution is -2.52. The Morgan fingerprint density at radius 1 is 1.06 bits per heavy atom. The molecule has 0 aromatic heterocycles. The van der Waals surface area contributed by atoms with Crippen LogP contribution in [-0.4, -0.2) is 81.9 Å². The van der Waals surface area contributed by atoms with Gasteiger partial charge in [0.15, 0.2) is 0 Å². The molecule has 2 fully saturated rings. The number of sulfonamides is 1. The third-order valence-electron chi connectivity index (χ3n) is 6.71. The molecule has 2 aromatic rings. The van der Waals surface area contributed by atoms with Crippen LogP contribution in [0.15, 0.2) is 47.4 Å². The third-order valence-corrected chi connectivity index (χ3v) is 8.67. The van der Waals surface area contributed by atoms with Crippen molar-refractivity contribution in [1.82, 2.24) is 14.1 Å². The third kappa shape index (κ3) is 5.12. The van der Waals surface area contributed by atoms with Gasteiger partial charge in [0.05, 0.1) is 31.2 Å². The molecule has 35 heavy (non-hydrogen) atoms. The van der Waals surface area contributed by atoms with Crippen LogP contribution in [0.4, 0.5) is 0 Å². The second-order valence-electron chi connectivity index (χ2n) is 8.63. The predicted octanol–water partition coefficient (Wildman–Crippen LogP) is 2.25. The summed E-state index contributed by atoms with van der Waals surface area (Å²) in [6.07, 6.45) is 1.89. The van der Waals surface area contributed by atoms with E-state index in [1.54, 1.807) is 31.3 Å². The molecule has 0 aliphatic carbocycles. The summed E-state index contributed by atoms with van der Waals surface area (Å²) >= 11 is 0. The molecule has 1 atom stereocenters. The summed E-state index contributed by atoms with van der Waals surface area (Å²) in [5, 5.41) is 9.29.